The lowest BCUT2D eigenvalue weighted by molar-refractivity contribution is 0.164. The summed E-state index contributed by atoms with van der Waals surface area (Å²) in [7, 11) is 4.20. The van der Waals surface area contributed by atoms with Gasteiger partial charge in [-0.25, -0.2) is 0 Å². The molecule has 2 saturated heterocycles. The smallest absolute Gasteiger partial charge is 0.00300 e. The molecule has 64 heavy (non-hydrogen) atoms. The zero-order chi connectivity index (χ0) is 51.9. The van der Waals surface area contributed by atoms with Crippen LogP contribution in [0.2, 0.25) is 0 Å². The van der Waals surface area contributed by atoms with Crippen LogP contribution in [0.1, 0.15) is 259 Å². The summed E-state index contributed by atoms with van der Waals surface area (Å²) >= 11 is 0. The Morgan fingerprint density at radius 3 is 0.922 bits per heavy atom. The zero-order valence-corrected chi connectivity index (χ0v) is 50.8. The van der Waals surface area contributed by atoms with Crippen molar-refractivity contribution in [2.75, 3.05) is 59.9 Å². The molecule has 3 rings (SSSR count). The highest BCUT2D eigenvalue weighted by molar-refractivity contribution is 5.15. The minimum atomic E-state index is 0. The number of benzene rings is 1. The normalized spacial score (nSPS) is 14.2. The largest absolute Gasteiger partial charge is 0.309 e. The zero-order valence-electron chi connectivity index (χ0n) is 50.8. The maximum atomic E-state index is 2.60. The molecule has 2 heterocycles. The molecule has 0 bridgehead atoms. The van der Waals surface area contributed by atoms with E-state index in [-0.39, 0.29) is 7.43 Å². The second kappa shape index (κ2) is 44.6. The van der Waals surface area contributed by atoms with Crippen LogP contribution in [-0.4, -0.2) is 74.6 Å². The van der Waals surface area contributed by atoms with Crippen molar-refractivity contribution in [3.05, 3.63) is 35.9 Å². The summed E-state index contributed by atoms with van der Waals surface area (Å²) in [5.41, 5.74) is 4.28. The first-order valence-electron chi connectivity index (χ1n) is 26.6. The Labute approximate surface area is 413 Å². The third-order valence-electron chi connectivity index (χ3n) is 9.16. The van der Waals surface area contributed by atoms with Gasteiger partial charge < -0.3 is 14.7 Å². The van der Waals surface area contributed by atoms with Gasteiger partial charge in [0, 0.05) is 19.6 Å². The third-order valence-corrected chi connectivity index (χ3v) is 9.16. The van der Waals surface area contributed by atoms with Gasteiger partial charge in [-0.15, -0.1) is 0 Å². The van der Waals surface area contributed by atoms with Crippen molar-refractivity contribution in [2.24, 2.45) is 44.3 Å². The van der Waals surface area contributed by atoms with Crippen LogP contribution in [-0.2, 0) is 6.42 Å². The average Bonchev–Trinajstić information content (AvgIpc) is 3.62. The fourth-order valence-corrected chi connectivity index (χ4v) is 6.78. The van der Waals surface area contributed by atoms with Gasteiger partial charge in [0.2, 0.25) is 0 Å². The van der Waals surface area contributed by atoms with E-state index in [0.29, 0.717) is 32.5 Å². The average molecular weight is 911 g/mol. The summed E-state index contributed by atoms with van der Waals surface area (Å²) in [5, 5.41) is 0. The van der Waals surface area contributed by atoms with Crippen LogP contribution >= 0.6 is 0 Å². The number of hydrogen-bond acceptors (Lipinski definition) is 3. The van der Waals surface area contributed by atoms with Gasteiger partial charge in [0.05, 0.1) is 0 Å². The molecular formula is C61H135N3. The number of nitrogens with zero attached hydrogens (tertiary/aromatic N) is 3. The summed E-state index contributed by atoms with van der Waals surface area (Å²) in [6.07, 6.45) is 9.58. The van der Waals surface area contributed by atoms with E-state index in [1.54, 1.807) is 0 Å². The third kappa shape index (κ3) is 78.3. The molecule has 2 aliphatic rings. The Morgan fingerprint density at radius 1 is 0.453 bits per heavy atom. The van der Waals surface area contributed by atoms with Crippen molar-refractivity contribution in [1.82, 2.24) is 14.7 Å². The molecule has 2 fully saturated rings. The van der Waals surface area contributed by atoms with E-state index in [1.165, 1.54) is 83.4 Å². The SMILES string of the molecule is C.CC.CC.CC.CC.CC(C)(C)CN1CCCC1.CC(C)(C)CN1CCCCC1.CC(C)(C)Cc1ccccc1.CC(C)C(C)(C)C.CC(C)CC(C)(C)C.CN(C)CC(C)(C)C. The molecule has 0 radical (unpaired) electrons. The van der Waals surface area contributed by atoms with Gasteiger partial charge in [-0.3, -0.25) is 0 Å². The maximum absolute atomic E-state index is 2.60. The Hall–Kier alpha value is -0.900. The second-order valence-corrected chi connectivity index (χ2v) is 25.1. The lowest BCUT2D eigenvalue weighted by atomic mass is 9.84. The first kappa shape index (κ1) is 80.2. The number of likely N-dealkylation sites (tertiary alicyclic amines) is 2. The Morgan fingerprint density at radius 2 is 0.750 bits per heavy atom. The van der Waals surface area contributed by atoms with E-state index in [1.807, 2.05) is 55.4 Å². The Kier molecular flexibility index (Phi) is 55.9. The number of rotatable bonds is 5. The quantitative estimate of drug-likeness (QED) is 0.291. The summed E-state index contributed by atoms with van der Waals surface area (Å²) in [6.45, 7) is 75.1. The molecule has 3 heteroatoms. The molecule has 0 aliphatic carbocycles. The topological polar surface area (TPSA) is 9.72 Å². The van der Waals surface area contributed by atoms with Crippen LogP contribution in [0.4, 0.5) is 0 Å². The van der Waals surface area contributed by atoms with Crippen molar-refractivity contribution in [2.45, 2.75) is 260 Å². The Bertz CT molecular complexity index is 964. The second-order valence-electron chi connectivity index (χ2n) is 25.1. The van der Waals surface area contributed by atoms with Crippen molar-refractivity contribution >= 4 is 0 Å². The monoisotopic (exact) mass is 910 g/mol. The Balaban J connectivity index is -0.0000000952. The number of hydrogen-bond donors (Lipinski definition) is 0. The fraction of sp³-hybridized carbons (Fsp3) is 0.902. The highest BCUT2D eigenvalue weighted by Crippen LogP contribution is 2.25. The molecule has 394 valence electrons. The predicted octanol–water partition coefficient (Wildman–Crippen LogP) is 20.0. The molecule has 0 unspecified atom stereocenters. The van der Waals surface area contributed by atoms with E-state index in [4.69, 9.17) is 0 Å². The summed E-state index contributed by atoms with van der Waals surface area (Å²) in [6, 6.07) is 10.6. The molecule has 2 aliphatic heterocycles. The van der Waals surface area contributed by atoms with Gasteiger partial charge in [-0.05, 0) is 129 Å². The van der Waals surface area contributed by atoms with E-state index >= 15 is 0 Å². The van der Waals surface area contributed by atoms with Crippen molar-refractivity contribution in [3.8, 4) is 0 Å². The molecular weight excluding hydrogens is 775 g/mol. The highest BCUT2D eigenvalue weighted by Gasteiger charge is 2.19. The predicted molar refractivity (Wildman–Crippen MR) is 308 cm³/mol. The lowest BCUT2D eigenvalue weighted by Gasteiger charge is -2.32. The maximum Gasteiger partial charge on any atom is 0.00300 e. The van der Waals surface area contributed by atoms with Crippen LogP contribution in [0.5, 0.6) is 0 Å². The minimum Gasteiger partial charge on any atom is -0.309 e. The van der Waals surface area contributed by atoms with E-state index in [9.17, 15) is 0 Å². The molecule has 0 atom stereocenters. The van der Waals surface area contributed by atoms with E-state index in [0.717, 1.165) is 24.8 Å². The van der Waals surface area contributed by atoms with Crippen LogP contribution < -0.4 is 0 Å². The van der Waals surface area contributed by atoms with Crippen molar-refractivity contribution in [1.29, 1.82) is 0 Å². The molecule has 0 spiro atoms. The fourth-order valence-electron chi connectivity index (χ4n) is 6.78. The van der Waals surface area contributed by atoms with Gasteiger partial charge in [0.1, 0.15) is 0 Å². The minimum absolute atomic E-state index is 0. The van der Waals surface area contributed by atoms with Crippen LogP contribution in [0.15, 0.2) is 30.3 Å². The summed E-state index contributed by atoms with van der Waals surface area (Å²) < 4.78 is 0. The van der Waals surface area contributed by atoms with Gasteiger partial charge in [0.25, 0.3) is 0 Å². The summed E-state index contributed by atoms with van der Waals surface area (Å²) in [4.78, 5) is 7.38. The molecule has 0 saturated carbocycles. The first-order chi connectivity index (χ1) is 28.5. The van der Waals surface area contributed by atoms with Crippen LogP contribution in [0, 0.1) is 44.3 Å². The number of piperidine rings is 1. The van der Waals surface area contributed by atoms with Crippen LogP contribution in [0.25, 0.3) is 0 Å². The van der Waals surface area contributed by atoms with Gasteiger partial charge in [-0.1, -0.05) is 252 Å². The van der Waals surface area contributed by atoms with Crippen molar-refractivity contribution in [3.63, 3.8) is 0 Å². The molecule has 3 nitrogen and oxygen atoms in total. The molecule has 1 aromatic rings. The summed E-state index contributed by atoms with van der Waals surface area (Å²) in [5.74, 6) is 1.64. The van der Waals surface area contributed by atoms with E-state index < -0.39 is 0 Å². The molecule has 0 aromatic heterocycles. The van der Waals surface area contributed by atoms with Gasteiger partial charge >= 0.3 is 0 Å². The van der Waals surface area contributed by atoms with Gasteiger partial charge in [0.15, 0.2) is 0 Å². The van der Waals surface area contributed by atoms with Crippen LogP contribution in [0.3, 0.4) is 0 Å². The molecule has 0 amide bonds. The molecule has 0 N–H and O–H groups in total. The standard InChI is InChI=1S/C11H16.C10H21N.C9H19N.C8H18.C7H17N.C7H16.4C2H6.CH4/c1-11(2,3)9-10-7-5-4-6-8-10;1-10(2,3)9-11-7-5-4-6-8-11;1-9(2,3)8-10-6-4-5-7-10;1-7(2)6-8(3,4)5;1-7(2,3)6-8(4)5;1-6(2)7(3,4)5;4*1-2;/h4-8H,9H2,1-3H3;4-9H2,1-3H3;4-8H2,1-3H3;7H,6H2,1-5H3;6H2,1-5H3;6H,1-5H3;4*1-2H3;1H4. The first-order valence-corrected chi connectivity index (χ1v) is 26.6. The highest BCUT2D eigenvalue weighted by atomic mass is 15.1. The lowest BCUT2D eigenvalue weighted by Crippen LogP contribution is -2.36. The molecule has 1 aromatic carbocycles. The van der Waals surface area contributed by atoms with Gasteiger partial charge in [-0.2, -0.15) is 0 Å². The van der Waals surface area contributed by atoms with Crippen molar-refractivity contribution < 1.29 is 0 Å². The van der Waals surface area contributed by atoms with E-state index in [2.05, 4.69) is 211 Å².